The highest BCUT2D eigenvalue weighted by atomic mass is 35.5. The van der Waals surface area contributed by atoms with E-state index in [-0.39, 0.29) is 16.4 Å². The van der Waals surface area contributed by atoms with Gasteiger partial charge >= 0.3 is 17.5 Å². The summed E-state index contributed by atoms with van der Waals surface area (Å²) >= 11 is 17.7. The van der Waals surface area contributed by atoms with Crippen molar-refractivity contribution in [2.45, 2.75) is 29.4 Å². The van der Waals surface area contributed by atoms with Crippen molar-refractivity contribution in [2.75, 3.05) is 0 Å². The molecule has 0 saturated carbocycles. The molecule has 0 unspecified atom stereocenters. The summed E-state index contributed by atoms with van der Waals surface area (Å²) in [5.41, 5.74) is -6.82. The fraction of sp³-hybridized carbons (Fsp3) is 0.211. The zero-order chi connectivity index (χ0) is 24.7. The fourth-order valence-corrected chi connectivity index (χ4v) is 4.63. The van der Waals surface area contributed by atoms with Crippen molar-refractivity contribution < 1.29 is 30.9 Å². The first kappa shape index (κ1) is 25.5. The van der Waals surface area contributed by atoms with Gasteiger partial charge in [-0.15, -0.1) is 0 Å². The Balaban J connectivity index is 2.34. The molecule has 14 heteroatoms. The number of thioether (sulfide) groups is 1. The molecule has 1 aliphatic carbocycles. The van der Waals surface area contributed by atoms with E-state index in [0.717, 1.165) is 9.26 Å². The Labute approximate surface area is 202 Å². The van der Waals surface area contributed by atoms with Gasteiger partial charge in [-0.3, -0.25) is 0 Å². The van der Waals surface area contributed by atoms with Crippen LogP contribution in [0, 0.1) is 11.3 Å². The molecule has 2 aromatic rings. The van der Waals surface area contributed by atoms with E-state index in [2.05, 4.69) is 11.8 Å². The number of aromatic nitrogens is 2. The largest absolute Gasteiger partial charge is 0.446 e. The number of rotatable bonds is 4. The number of hydrogen-bond donors (Lipinski definition) is 0. The number of nitriles is 1. The molecule has 33 heavy (non-hydrogen) atoms. The van der Waals surface area contributed by atoms with Gasteiger partial charge in [-0.2, -0.15) is 31.6 Å². The predicted octanol–water partition coefficient (Wildman–Crippen LogP) is 7.83. The third kappa shape index (κ3) is 5.35. The minimum atomic E-state index is -4.83. The van der Waals surface area contributed by atoms with Crippen LogP contribution in [0.25, 0.3) is 5.69 Å². The Bertz CT molecular complexity index is 1210. The maximum Gasteiger partial charge on any atom is 0.446 e. The van der Waals surface area contributed by atoms with Gasteiger partial charge in [0.15, 0.2) is 5.69 Å². The lowest BCUT2D eigenvalue weighted by Gasteiger charge is -2.14. The molecule has 0 spiro atoms. The molecule has 1 aliphatic rings. The summed E-state index contributed by atoms with van der Waals surface area (Å²) in [7, 11) is 0. The summed E-state index contributed by atoms with van der Waals surface area (Å²) in [5.74, 6) is -0.405. The monoisotopic (exact) mass is 545 g/mol. The van der Waals surface area contributed by atoms with Gasteiger partial charge in [0, 0.05) is 0 Å². The van der Waals surface area contributed by atoms with Crippen molar-refractivity contribution in [1.29, 1.82) is 5.26 Å². The van der Waals surface area contributed by atoms with Crippen LogP contribution in [-0.4, -0.2) is 26.6 Å². The minimum Gasteiger partial charge on any atom is -0.202 e. The highest BCUT2D eigenvalue weighted by Gasteiger charge is 2.41. The van der Waals surface area contributed by atoms with Gasteiger partial charge in [-0.25, -0.2) is 4.58 Å². The maximum absolute atomic E-state index is 13.3. The normalized spacial score (nSPS) is 14.5. The van der Waals surface area contributed by atoms with Crippen molar-refractivity contribution in [3.8, 4) is 11.8 Å². The second kappa shape index (κ2) is 9.25. The van der Waals surface area contributed by atoms with Gasteiger partial charge in [0.05, 0.1) is 27.4 Å². The van der Waals surface area contributed by atoms with E-state index >= 15 is 0 Å². The molecule has 0 amide bonds. The van der Waals surface area contributed by atoms with Crippen LogP contribution in [0.2, 0.25) is 10.0 Å². The van der Waals surface area contributed by atoms with Crippen LogP contribution in [0.3, 0.4) is 0 Å². The average Bonchev–Trinajstić information content (AvgIpc) is 3.02. The quantitative estimate of drug-likeness (QED) is 0.170. The van der Waals surface area contributed by atoms with Crippen LogP contribution in [0.5, 0.6) is 0 Å². The first-order valence-corrected chi connectivity index (χ1v) is 10.7. The van der Waals surface area contributed by atoms with Gasteiger partial charge in [-0.05, 0) is 42.8 Å². The van der Waals surface area contributed by atoms with Gasteiger partial charge in [0.1, 0.15) is 16.7 Å². The van der Waals surface area contributed by atoms with Crippen molar-refractivity contribution in [2.24, 2.45) is 0 Å². The standard InChI is InChI=1S/C19H10Cl3F6N4S/c1-31(14-5-3-2-4-10(14)20)17-16(33-19(26,27)28)13(8-29)30-32(17)15-11(21)6-9(7-12(15)22)18(23,24)25/h4-7H,1-3H2/q+1. The lowest BCUT2D eigenvalue weighted by Crippen LogP contribution is -2.13. The van der Waals surface area contributed by atoms with E-state index < -0.39 is 55.5 Å². The van der Waals surface area contributed by atoms with Gasteiger partial charge in [0.25, 0.3) is 0 Å². The summed E-state index contributed by atoms with van der Waals surface area (Å²) in [5, 5.41) is 12.3. The first-order chi connectivity index (χ1) is 15.2. The molecule has 174 valence electrons. The Hall–Kier alpha value is -2.13. The van der Waals surface area contributed by atoms with E-state index in [0.29, 0.717) is 25.0 Å². The zero-order valence-corrected chi connectivity index (χ0v) is 19.1. The van der Waals surface area contributed by atoms with Crippen molar-refractivity contribution in [3.05, 3.63) is 56.3 Å². The molecule has 1 aromatic heterocycles. The Morgan fingerprint density at radius 3 is 2.12 bits per heavy atom. The van der Waals surface area contributed by atoms with E-state index in [1.54, 1.807) is 18.2 Å². The molecular formula is C19H10Cl3F6N4S+. The van der Waals surface area contributed by atoms with E-state index in [1.165, 1.54) is 0 Å². The Morgan fingerprint density at radius 1 is 1.06 bits per heavy atom. The van der Waals surface area contributed by atoms with Crippen LogP contribution in [0.4, 0.5) is 32.2 Å². The predicted molar refractivity (Wildman–Crippen MR) is 114 cm³/mol. The molecule has 0 aliphatic heterocycles. The molecule has 1 aromatic carbocycles. The van der Waals surface area contributed by atoms with Gasteiger partial charge in [0.2, 0.25) is 5.69 Å². The lowest BCUT2D eigenvalue weighted by molar-refractivity contribution is -0.378. The second-order valence-electron chi connectivity index (χ2n) is 6.51. The van der Waals surface area contributed by atoms with Crippen molar-refractivity contribution in [1.82, 2.24) is 9.78 Å². The third-order valence-electron chi connectivity index (χ3n) is 4.32. The average molecular weight is 547 g/mol. The molecule has 1 heterocycles. The van der Waals surface area contributed by atoms with E-state index in [9.17, 15) is 31.6 Å². The highest BCUT2D eigenvalue weighted by molar-refractivity contribution is 8.00. The molecular weight excluding hydrogens is 537 g/mol. The summed E-state index contributed by atoms with van der Waals surface area (Å²) in [6.07, 6.45) is -0.468. The second-order valence-corrected chi connectivity index (χ2v) is 8.80. The maximum atomic E-state index is 13.3. The minimum absolute atomic E-state index is 0.176. The summed E-state index contributed by atoms with van der Waals surface area (Å²) in [6.45, 7) is 3.75. The summed E-state index contributed by atoms with van der Waals surface area (Å²) < 4.78 is 81.1. The van der Waals surface area contributed by atoms with Gasteiger partial charge in [-0.1, -0.05) is 50.7 Å². The molecule has 0 bridgehead atoms. The molecule has 0 saturated heterocycles. The number of allylic oxidation sites excluding steroid dienone is 3. The zero-order valence-electron chi connectivity index (χ0n) is 16.0. The van der Waals surface area contributed by atoms with Crippen molar-refractivity contribution in [3.63, 3.8) is 0 Å². The third-order valence-corrected chi connectivity index (χ3v) is 6.05. The smallest absolute Gasteiger partial charge is 0.202 e. The number of halogens is 9. The van der Waals surface area contributed by atoms with Crippen LogP contribution >= 0.6 is 46.6 Å². The number of alkyl halides is 6. The SMILES string of the molecule is C=[N+](C1=CCCC=C1Cl)c1c(SC(F)(F)F)c(C#N)nn1-c1c(Cl)cc(C(F)(F)F)cc1Cl. The molecule has 0 atom stereocenters. The highest BCUT2D eigenvalue weighted by Crippen LogP contribution is 2.47. The topological polar surface area (TPSA) is 44.6 Å². The molecule has 0 radical (unpaired) electrons. The van der Waals surface area contributed by atoms with Crippen LogP contribution < -0.4 is 0 Å². The summed E-state index contributed by atoms with van der Waals surface area (Å²) in [4.78, 5) is -0.650. The van der Waals surface area contributed by atoms with Crippen LogP contribution in [0.15, 0.2) is 39.9 Å². The Kier molecular flexibility index (Phi) is 7.15. The molecule has 3 rings (SSSR count). The lowest BCUT2D eigenvalue weighted by atomic mass is 10.1. The summed E-state index contributed by atoms with van der Waals surface area (Å²) in [6, 6.07) is 2.66. The van der Waals surface area contributed by atoms with Crippen LogP contribution in [-0.2, 0) is 6.18 Å². The molecule has 0 N–H and O–H groups in total. The number of nitrogens with zero attached hydrogens (tertiary/aromatic N) is 4. The molecule has 4 nitrogen and oxygen atoms in total. The van der Waals surface area contributed by atoms with Gasteiger partial charge < -0.3 is 0 Å². The Morgan fingerprint density at radius 2 is 1.64 bits per heavy atom. The number of hydrogen-bond acceptors (Lipinski definition) is 3. The van der Waals surface area contributed by atoms with E-state index in [1.807, 2.05) is 0 Å². The van der Waals surface area contributed by atoms with E-state index in [4.69, 9.17) is 34.8 Å². The van der Waals surface area contributed by atoms with Crippen molar-refractivity contribution >= 4 is 59.1 Å². The fourth-order valence-electron chi connectivity index (χ4n) is 2.99. The van der Waals surface area contributed by atoms with Crippen LogP contribution in [0.1, 0.15) is 24.1 Å². The first-order valence-electron chi connectivity index (χ1n) is 8.77. The molecule has 0 fully saturated rings. The number of benzene rings is 1.